The van der Waals surface area contributed by atoms with E-state index < -0.39 is 0 Å². The van der Waals surface area contributed by atoms with Crippen LogP contribution >= 0.6 is 0 Å². The molecule has 2 aromatic carbocycles. The van der Waals surface area contributed by atoms with Crippen LogP contribution < -0.4 is 0 Å². The van der Waals surface area contributed by atoms with Gasteiger partial charge in [-0.25, -0.2) is 4.99 Å². The van der Waals surface area contributed by atoms with Gasteiger partial charge in [0.15, 0.2) is 0 Å². The molecule has 17 heavy (non-hydrogen) atoms. The Bertz CT molecular complexity index is 529. The van der Waals surface area contributed by atoms with Gasteiger partial charge in [-0.05, 0) is 36.1 Å². The largest absolute Gasteiger partial charge is 0.239 e. The molecule has 2 aromatic rings. The van der Waals surface area contributed by atoms with E-state index in [1.165, 1.54) is 22.3 Å². The van der Waals surface area contributed by atoms with E-state index in [1.807, 2.05) is 0 Å². The predicted molar refractivity (Wildman–Crippen MR) is 73.4 cm³/mol. The monoisotopic (exact) mass is 221 g/mol. The number of hydrogen-bond donors (Lipinski definition) is 0. The molecule has 1 nitrogen and oxygen atoms in total. The lowest BCUT2D eigenvalue weighted by atomic mass is 10.0. The summed E-state index contributed by atoms with van der Waals surface area (Å²) >= 11 is 0. The first-order valence-electron chi connectivity index (χ1n) is 5.64. The molecule has 0 spiro atoms. The molecule has 0 aliphatic carbocycles. The van der Waals surface area contributed by atoms with Gasteiger partial charge in [-0.1, -0.05) is 54.1 Å². The zero-order valence-electron chi connectivity index (χ0n) is 9.98. The summed E-state index contributed by atoms with van der Waals surface area (Å²) in [7, 11) is 0. The zero-order valence-corrected chi connectivity index (χ0v) is 9.98. The van der Waals surface area contributed by atoms with E-state index in [-0.39, 0.29) is 0 Å². The lowest BCUT2D eigenvalue weighted by molar-refractivity contribution is 1.08. The van der Waals surface area contributed by atoms with E-state index in [2.05, 4.69) is 72.9 Å². The van der Waals surface area contributed by atoms with Crippen LogP contribution in [0.25, 0.3) is 11.1 Å². The molecule has 0 unspecified atom stereocenters. The van der Waals surface area contributed by atoms with Crippen LogP contribution in [-0.4, -0.2) is 5.87 Å². The van der Waals surface area contributed by atoms with E-state index in [0.717, 1.165) is 0 Å². The van der Waals surface area contributed by atoms with Crippen molar-refractivity contribution in [2.75, 3.05) is 0 Å². The van der Waals surface area contributed by atoms with Crippen LogP contribution in [0.4, 0.5) is 0 Å². The van der Waals surface area contributed by atoms with Crippen LogP contribution in [0.1, 0.15) is 11.1 Å². The third kappa shape index (κ3) is 2.93. The fourth-order valence-corrected chi connectivity index (χ4v) is 1.70. The minimum absolute atomic E-state index is 0.650. The molecule has 2 rings (SSSR count). The lowest BCUT2D eigenvalue weighted by Gasteiger charge is -2.03. The van der Waals surface area contributed by atoms with Crippen molar-refractivity contribution in [1.29, 1.82) is 0 Å². The first-order valence-corrected chi connectivity index (χ1v) is 5.64. The molecule has 0 radical (unpaired) electrons. The summed E-state index contributed by atoms with van der Waals surface area (Å²) in [4.78, 5) is 3.99. The summed E-state index contributed by atoms with van der Waals surface area (Å²) in [5.41, 5.74) is 4.94. The van der Waals surface area contributed by atoms with Crippen molar-refractivity contribution in [2.24, 2.45) is 4.99 Å². The molecule has 1 heteroatoms. The number of hydrogen-bond acceptors (Lipinski definition) is 1. The second-order valence-electron chi connectivity index (χ2n) is 4.04. The van der Waals surface area contributed by atoms with Crippen molar-refractivity contribution < 1.29 is 0 Å². The summed E-state index contributed by atoms with van der Waals surface area (Å²) < 4.78 is 0. The van der Waals surface area contributed by atoms with Gasteiger partial charge in [0, 0.05) is 0 Å². The summed E-state index contributed by atoms with van der Waals surface area (Å²) in [6, 6.07) is 17.0. The Morgan fingerprint density at radius 1 is 0.941 bits per heavy atom. The van der Waals surface area contributed by atoms with Crippen LogP contribution in [0, 0.1) is 6.92 Å². The summed E-state index contributed by atoms with van der Waals surface area (Å²) in [5.74, 6) is 2.54. The van der Waals surface area contributed by atoms with Gasteiger partial charge < -0.3 is 0 Å². The van der Waals surface area contributed by atoms with Crippen molar-refractivity contribution in [1.82, 2.24) is 0 Å². The highest BCUT2D eigenvalue weighted by Crippen LogP contribution is 2.20. The van der Waals surface area contributed by atoms with Crippen molar-refractivity contribution in [2.45, 2.75) is 13.5 Å². The van der Waals surface area contributed by atoms with E-state index >= 15 is 0 Å². The molecule has 0 aliphatic heterocycles. The fourth-order valence-electron chi connectivity index (χ4n) is 1.70. The Balaban J connectivity index is 2.22. The molecule has 0 N–H and O–H groups in total. The second-order valence-corrected chi connectivity index (χ2v) is 4.04. The number of nitrogens with zero attached hydrogens (tertiary/aromatic N) is 1. The maximum absolute atomic E-state index is 3.99. The topological polar surface area (TPSA) is 12.4 Å². The standard InChI is InChI=1S/C16H15N/c1-3-17-12-14-6-10-16(11-7-14)15-8-4-13(2)5-9-15/h4-11H,1,12H2,2H3. The van der Waals surface area contributed by atoms with Crippen LogP contribution in [0.2, 0.25) is 0 Å². The Labute approximate surface area is 102 Å². The summed E-state index contributed by atoms with van der Waals surface area (Å²) in [6.07, 6.45) is 0. The summed E-state index contributed by atoms with van der Waals surface area (Å²) in [5, 5.41) is 0. The molecular formula is C16H15N. The SMILES string of the molecule is C=C=NCc1ccc(-c2ccc(C)cc2)cc1. The van der Waals surface area contributed by atoms with Crippen LogP contribution in [0.5, 0.6) is 0 Å². The zero-order chi connectivity index (χ0) is 12.1. The third-order valence-electron chi connectivity index (χ3n) is 2.71. The van der Waals surface area contributed by atoms with Crippen LogP contribution in [0.3, 0.4) is 0 Å². The average molecular weight is 221 g/mol. The van der Waals surface area contributed by atoms with Crippen molar-refractivity contribution in [3.05, 3.63) is 66.2 Å². The summed E-state index contributed by atoms with van der Waals surface area (Å²) in [6.45, 7) is 6.21. The Morgan fingerprint density at radius 2 is 1.47 bits per heavy atom. The van der Waals surface area contributed by atoms with Crippen molar-refractivity contribution >= 4 is 5.87 Å². The van der Waals surface area contributed by atoms with Crippen LogP contribution in [-0.2, 0) is 6.54 Å². The number of aliphatic imine (C=N–C) groups is 1. The lowest BCUT2D eigenvalue weighted by Crippen LogP contribution is -1.82. The predicted octanol–water partition coefficient (Wildman–Crippen LogP) is 4.02. The van der Waals surface area contributed by atoms with Gasteiger partial charge in [0.2, 0.25) is 0 Å². The molecule has 0 bridgehead atoms. The highest BCUT2D eigenvalue weighted by molar-refractivity contribution is 5.63. The molecule has 0 saturated heterocycles. The van der Waals surface area contributed by atoms with E-state index in [4.69, 9.17) is 0 Å². The number of aryl methyl sites for hydroxylation is 1. The first kappa shape index (κ1) is 11.4. The van der Waals surface area contributed by atoms with E-state index in [0.29, 0.717) is 6.54 Å². The number of rotatable bonds is 3. The first-order chi connectivity index (χ1) is 8.29. The van der Waals surface area contributed by atoms with Crippen LogP contribution in [0.15, 0.2) is 60.1 Å². The molecular weight excluding hydrogens is 206 g/mol. The minimum atomic E-state index is 0.650. The Hall–Kier alpha value is -2.11. The molecule has 0 fully saturated rings. The maximum Gasteiger partial charge on any atom is 0.0734 e. The van der Waals surface area contributed by atoms with E-state index in [9.17, 15) is 0 Å². The van der Waals surface area contributed by atoms with Crippen molar-refractivity contribution in [3.63, 3.8) is 0 Å². The molecule has 0 heterocycles. The highest BCUT2D eigenvalue weighted by atomic mass is 14.7. The second kappa shape index (κ2) is 5.29. The number of benzene rings is 2. The minimum Gasteiger partial charge on any atom is -0.239 e. The molecule has 0 aliphatic rings. The normalized spacial score (nSPS) is 9.71. The van der Waals surface area contributed by atoms with Gasteiger partial charge >= 0.3 is 0 Å². The molecule has 84 valence electrons. The quantitative estimate of drug-likeness (QED) is 0.694. The average Bonchev–Trinajstić information content (AvgIpc) is 2.38. The highest BCUT2D eigenvalue weighted by Gasteiger charge is 1.97. The van der Waals surface area contributed by atoms with Gasteiger partial charge in [0.1, 0.15) is 0 Å². The van der Waals surface area contributed by atoms with Gasteiger partial charge in [0.25, 0.3) is 0 Å². The maximum atomic E-state index is 3.99. The van der Waals surface area contributed by atoms with E-state index in [1.54, 1.807) is 0 Å². The van der Waals surface area contributed by atoms with Gasteiger partial charge in [-0.15, -0.1) is 0 Å². The van der Waals surface area contributed by atoms with Gasteiger partial charge in [0.05, 0.1) is 6.54 Å². The molecule has 0 aromatic heterocycles. The van der Waals surface area contributed by atoms with Gasteiger partial charge in [-0.2, -0.15) is 0 Å². The van der Waals surface area contributed by atoms with Gasteiger partial charge in [-0.3, -0.25) is 0 Å². The van der Waals surface area contributed by atoms with Crippen molar-refractivity contribution in [3.8, 4) is 11.1 Å². The fraction of sp³-hybridized carbons (Fsp3) is 0.125. The molecule has 0 saturated carbocycles. The smallest absolute Gasteiger partial charge is 0.0734 e. The molecule has 0 amide bonds. The Kier molecular flexibility index (Phi) is 3.54. The molecule has 0 atom stereocenters. The third-order valence-corrected chi connectivity index (χ3v) is 2.71. The Morgan fingerprint density at radius 3 is 2.00 bits per heavy atom.